The molecule has 118 valence electrons. The van der Waals surface area contributed by atoms with Crippen LogP contribution in [0.15, 0.2) is 24.4 Å². The van der Waals surface area contributed by atoms with Gasteiger partial charge in [0.05, 0.1) is 5.69 Å². The molecule has 0 aliphatic rings. The first-order valence-corrected chi connectivity index (χ1v) is 7.72. The van der Waals surface area contributed by atoms with E-state index in [9.17, 15) is 5.26 Å². The standard InChI is InChI=1S/C17H20N6/c1-12-14(13(2)22(3)21-12)7-6-9-19-17-15(11-18)23-10-5-4-8-16(23)20-17/h4-5,8,10,19H,6-7,9H2,1-3H3. The molecule has 3 heterocycles. The second-order valence-electron chi connectivity index (χ2n) is 5.65. The Morgan fingerprint density at radius 1 is 1.30 bits per heavy atom. The lowest BCUT2D eigenvalue weighted by atomic mass is 10.1. The Morgan fingerprint density at radius 3 is 2.83 bits per heavy atom. The molecule has 0 saturated heterocycles. The molecule has 0 bridgehead atoms. The molecule has 6 heteroatoms. The molecule has 23 heavy (non-hydrogen) atoms. The average molecular weight is 308 g/mol. The second-order valence-corrected chi connectivity index (χ2v) is 5.65. The first-order valence-electron chi connectivity index (χ1n) is 7.72. The molecule has 0 atom stereocenters. The van der Waals surface area contributed by atoms with Crippen LogP contribution in [0.5, 0.6) is 0 Å². The van der Waals surface area contributed by atoms with Crippen LogP contribution in [-0.2, 0) is 13.5 Å². The van der Waals surface area contributed by atoms with Crippen molar-refractivity contribution in [1.29, 1.82) is 5.26 Å². The average Bonchev–Trinajstić information content (AvgIpc) is 3.02. The van der Waals surface area contributed by atoms with Gasteiger partial charge in [0.2, 0.25) is 0 Å². The van der Waals surface area contributed by atoms with Crippen LogP contribution in [0, 0.1) is 25.2 Å². The first kappa shape index (κ1) is 15.1. The van der Waals surface area contributed by atoms with E-state index >= 15 is 0 Å². The van der Waals surface area contributed by atoms with Gasteiger partial charge in [-0.15, -0.1) is 0 Å². The summed E-state index contributed by atoms with van der Waals surface area (Å²) in [6.45, 7) is 4.91. The number of nitrogens with one attached hydrogen (secondary N) is 1. The van der Waals surface area contributed by atoms with Gasteiger partial charge in [0.15, 0.2) is 11.5 Å². The van der Waals surface area contributed by atoms with Crippen LogP contribution in [0.1, 0.15) is 29.1 Å². The number of aryl methyl sites for hydroxylation is 2. The molecular weight excluding hydrogens is 288 g/mol. The molecule has 0 saturated carbocycles. The molecule has 0 radical (unpaired) electrons. The fourth-order valence-electron chi connectivity index (χ4n) is 2.88. The number of nitrogens with zero attached hydrogens (tertiary/aromatic N) is 5. The van der Waals surface area contributed by atoms with Crippen LogP contribution < -0.4 is 5.32 Å². The number of pyridine rings is 1. The third kappa shape index (κ3) is 2.78. The Kier molecular flexibility index (Phi) is 4.02. The Morgan fingerprint density at radius 2 is 2.13 bits per heavy atom. The topological polar surface area (TPSA) is 70.9 Å². The van der Waals surface area contributed by atoms with Crippen molar-refractivity contribution in [3.63, 3.8) is 0 Å². The minimum absolute atomic E-state index is 0.550. The predicted molar refractivity (Wildman–Crippen MR) is 89.4 cm³/mol. The Bertz CT molecular complexity index is 880. The van der Waals surface area contributed by atoms with Crippen molar-refractivity contribution in [2.24, 2.45) is 7.05 Å². The molecule has 3 aromatic rings. The highest BCUT2D eigenvalue weighted by Crippen LogP contribution is 2.17. The van der Waals surface area contributed by atoms with Crippen LogP contribution in [0.4, 0.5) is 5.82 Å². The fourth-order valence-corrected chi connectivity index (χ4v) is 2.88. The third-order valence-corrected chi connectivity index (χ3v) is 4.19. The zero-order valence-electron chi connectivity index (χ0n) is 13.7. The normalized spacial score (nSPS) is 10.9. The van der Waals surface area contributed by atoms with Crippen LogP contribution in [0.2, 0.25) is 0 Å². The van der Waals surface area contributed by atoms with Crippen molar-refractivity contribution in [1.82, 2.24) is 19.2 Å². The second kappa shape index (κ2) is 6.13. The van der Waals surface area contributed by atoms with Crippen molar-refractivity contribution < 1.29 is 0 Å². The largest absolute Gasteiger partial charge is 0.368 e. The van der Waals surface area contributed by atoms with Gasteiger partial charge < -0.3 is 5.32 Å². The summed E-state index contributed by atoms with van der Waals surface area (Å²) in [5.41, 5.74) is 4.95. The summed E-state index contributed by atoms with van der Waals surface area (Å²) < 4.78 is 3.73. The van der Waals surface area contributed by atoms with E-state index in [1.165, 1.54) is 11.3 Å². The molecule has 3 rings (SSSR count). The fraction of sp³-hybridized carbons (Fsp3) is 0.353. The zero-order valence-corrected chi connectivity index (χ0v) is 13.7. The lowest BCUT2D eigenvalue weighted by molar-refractivity contribution is 0.729. The van der Waals surface area contributed by atoms with E-state index in [1.54, 1.807) is 4.40 Å². The number of hydrogen-bond acceptors (Lipinski definition) is 4. The van der Waals surface area contributed by atoms with Crippen molar-refractivity contribution in [3.05, 3.63) is 47.0 Å². The number of anilines is 1. The molecule has 0 spiro atoms. The summed E-state index contributed by atoms with van der Waals surface area (Å²) >= 11 is 0. The number of aromatic nitrogens is 4. The van der Waals surface area contributed by atoms with Gasteiger partial charge in [-0.1, -0.05) is 6.07 Å². The molecule has 0 unspecified atom stereocenters. The van der Waals surface area contributed by atoms with Crippen LogP contribution in [-0.4, -0.2) is 25.7 Å². The SMILES string of the molecule is Cc1nn(C)c(C)c1CCCNc1nc2ccccn2c1C#N. The molecular formula is C17H20N6. The molecule has 1 N–H and O–H groups in total. The predicted octanol–water partition coefficient (Wildman–Crippen LogP) is 2.60. The zero-order chi connectivity index (χ0) is 16.4. The lowest BCUT2D eigenvalue weighted by Crippen LogP contribution is -2.05. The molecule has 0 fully saturated rings. The van der Waals surface area contributed by atoms with Gasteiger partial charge in [-0.05, 0) is 44.4 Å². The molecule has 0 aliphatic heterocycles. The Balaban J connectivity index is 1.66. The van der Waals surface area contributed by atoms with Gasteiger partial charge in [0, 0.05) is 25.5 Å². The van der Waals surface area contributed by atoms with Gasteiger partial charge in [0.25, 0.3) is 0 Å². The van der Waals surface area contributed by atoms with Gasteiger partial charge in [-0.25, -0.2) is 4.98 Å². The highest BCUT2D eigenvalue weighted by Gasteiger charge is 2.12. The Labute approximate surface area is 135 Å². The van der Waals surface area contributed by atoms with E-state index in [2.05, 4.69) is 28.4 Å². The van der Waals surface area contributed by atoms with E-state index in [0.29, 0.717) is 11.5 Å². The van der Waals surface area contributed by atoms with Gasteiger partial charge in [-0.2, -0.15) is 10.4 Å². The van der Waals surface area contributed by atoms with E-state index in [4.69, 9.17) is 0 Å². The van der Waals surface area contributed by atoms with Crippen LogP contribution in [0.3, 0.4) is 0 Å². The van der Waals surface area contributed by atoms with Crippen molar-refractivity contribution >= 4 is 11.5 Å². The van der Waals surface area contributed by atoms with Crippen molar-refractivity contribution in [2.75, 3.05) is 11.9 Å². The number of rotatable bonds is 5. The van der Waals surface area contributed by atoms with Crippen molar-refractivity contribution in [2.45, 2.75) is 26.7 Å². The highest BCUT2D eigenvalue weighted by atomic mass is 15.3. The van der Waals surface area contributed by atoms with E-state index < -0.39 is 0 Å². The van der Waals surface area contributed by atoms with E-state index in [-0.39, 0.29) is 0 Å². The monoisotopic (exact) mass is 308 g/mol. The third-order valence-electron chi connectivity index (χ3n) is 4.19. The van der Waals surface area contributed by atoms with E-state index in [1.807, 2.05) is 43.0 Å². The summed E-state index contributed by atoms with van der Waals surface area (Å²) in [6, 6.07) is 7.93. The maximum Gasteiger partial charge on any atom is 0.168 e. The lowest BCUT2D eigenvalue weighted by Gasteiger charge is -2.04. The summed E-state index contributed by atoms with van der Waals surface area (Å²) in [6.07, 6.45) is 3.79. The smallest absolute Gasteiger partial charge is 0.168 e. The van der Waals surface area contributed by atoms with Gasteiger partial charge in [-0.3, -0.25) is 9.08 Å². The van der Waals surface area contributed by atoms with Crippen LogP contribution >= 0.6 is 0 Å². The number of nitriles is 1. The van der Waals surface area contributed by atoms with Crippen molar-refractivity contribution in [3.8, 4) is 6.07 Å². The summed E-state index contributed by atoms with van der Waals surface area (Å²) in [7, 11) is 1.97. The maximum atomic E-state index is 9.35. The molecule has 3 aromatic heterocycles. The van der Waals surface area contributed by atoms with Crippen LogP contribution in [0.25, 0.3) is 5.65 Å². The number of fused-ring (bicyclic) bond motifs is 1. The summed E-state index contributed by atoms with van der Waals surface area (Å²) in [4.78, 5) is 4.48. The highest BCUT2D eigenvalue weighted by molar-refractivity contribution is 5.58. The Hall–Kier alpha value is -2.81. The minimum Gasteiger partial charge on any atom is -0.368 e. The molecule has 0 amide bonds. The minimum atomic E-state index is 0.550. The van der Waals surface area contributed by atoms with Gasteiger partial charge in [0.1, 0.15) is 11.7 Å². The number of imidazole rings is 1. The maximum absolute atomic E-state index is 9.35. The molecule has 0 aromatic carbocycles. The summed E-state index contributed by atoms with van der Waals surface area (Å²) in [5.74, 6) is 0.651. The summed E-state index contributed by atoms with van der Waals surface area (Å²) in [5, 5.41) is 17.1. The molecule has 0 aliphatic carbocycles. The molecule has 6 nitrogen and oxygen atoms in total. The number of hydrogen-bond donors (Lipinski definition) is 1. The van der Waals surface area contributed by atoms with Gasteiger partial charge >= 0.3 is 0 Å². The quantitative estimate of drug-likeness (QED) is 0.735. The van der Waals surface area contributed by atoms with E-state index in [0.717, 1.165) is 30.7 Å². The first-order chi connectivity index (χ1) is 11.1.